The number of carboxylic acid groups (broad SMARTS) is 1. The van der Waals surface area contributed by atoms with Crippen LogP contribution in [0.1, 0.15) is 31.2 Å². The summed E-state index contributed by atoms with van der Waals surface area (Å²) >= 11 is 1.42. The zero-order chi connectivity index (χ0) is 17.8. The van der Waals surface area contributed by atoms with E-state index in [-0.39, 0.29) is 25.0 Å². The number of hydrogen-bond donors (Lipinski definition) is 2. The highest BCUT2D eigenvalue weighted by molar-refractivity contribution is 8.03. The Hall–Kier alpha value is -1.80. The second-order valence-electron chi connectivity index (χ2n) is 6.04. The smallest absolute Gasteiger partial charge is 0.303 e. The summed E-state index contributed by atoms with van der Waals surface area (Å²) in [5.41, 5.74) is 0.729. The number of thioether (sulfide) groups is 1. The average molecular weight is 371 g/mol. The molecule has 1 atom stereocenters. The van der Waals surface area contributed by atoms with E-state index < -0.39 is 23.4 Å². The maximum Gasteiger partial charge on any atom is 0.303 e. The lowest BCUT2D eigenvalue weighted by molar-refractivity contribution is -0.137. The molecular formula is C17H19F2NO4S. The molecule has 1 unspecified atom stereocenters. The van der Waals surface area contributed by atoms with Crippen molar-refractivity contribution in [3.8, 4) is 5.75 Å². The Morgan fingerprint density at radius 1 is 1.32 bits per heavy atom. The van der Waals surface area contributed by atoms with Gasteiger partial charge in [0.15, 0.2) is 22.9 Å². The van der Waals surface area contributed by atoms with E-state index in [1.54, 1.807) is 5.41 Å². The highest BCUT2D eigenvalue weighted by Gasteiger charge is 2.26. The molecular weight excluding hydrogens is 352 g/mol. The number of ether oxygens (including phenoxy) is 2. The third-order valence-electron chi connectivity index (χ3n) is 3.85. The molecule has 1 aliphatic heterocycles. The minimum atomic E-state index is -0.977. The number of hydrogen-bond acceptors (Lipinski definition) is 5. The summed E-state index contributed by atoms with van der Waals surface area (Å²) in [6.45, 7) is 0.630. The van der Waals surface area contributed by atoms with E-state index in [0.29, 0.717) is 23.8 Å². The summed E-state index contributed by atoms with van der Waals surface area (Å²) in [6, 6.07) is 2.39. The predicted octanol–water partition coefficient (Wildman–Crippen LogP) is 3.55. The monoisotopic (exact) mass is 371 g/mol. The van der Waals surface area contributed by atoms with Gasteiger partial charge in [-0.2, -0.15) is 0 Å². The van der Waals surface area contributed by atoms with Crippen LogP contribution in [0.2, 0.25) is 0 Å². The minimum Gasteiger partial charge on any atom is -0.488 e. The van der Waals surface area contributed by atoms with E-state index in [1.807, 2.05) is 0 Å². The molecule has 1 aliphatic carbocycles. The molecule has 0 radical (unpaired) electrons. The zero-order valence-corrected chi connectivity index (χ0v) is 14.3. The standard InChI is InChI=1S/C17H19F2NO4S/c18-12-6-11(7-13(19)16(12)23-5-1-2-15(21)22)14-9-25-17(20-14)24-8-10-3-4-10/h6-7,9-10,17,20H,1-5,8H2,(H,21,22). The van der Waals surface area contributed by atoms with E-state index in [1.165, 1.54) is 36.7 Å². The average Bonchev–Trinajstić information content (AvgIpc) is 3.27. The molecule has 2 aliphatic rings. The van der Waals surface area contributed by atoms with E-state index >= 15 is 0 Å². The van der Waals surface area contributed by atoms with Crippen molar-refractivity contribution in [3.63, 3.8) is 0 Å². The van der Waals surface area contributed by atoms with E-state index in [4.69, 9.17) is 14.6 Å². The van der Waals surface area contributed by atoms with Gasteiger partial charge in [0.25, 0.3) is 0 Å². The molecule has 0 bridgehead atoms. The highest BCUT2D eigenvalue weighted by atomic mass is 32.2. The van der Waals surface area contributed by atoms with Gasteiger partial charge in [0, 0.05) is 12.0 Å². The third-order valence-corrected chi connectivity index (χ3v) is 4.73. The van der Waals surface area contributed by atoms with Crippen LogP contribution in [-0.2, 0) is 9.53 Å². The Balaban J connectivity index is 1.56. The normalized spacial score (nSPS) is 19.4. The first-order valence-corrected chi connectivity index (χ1v) is 9.05. The van der Waals surface area contributed by atoms with Crippen LogP contribution in [0.5, 0.6) is 5.75 Å². The molecule has 5 nitrogen and oxygen atoms in total. The summed E-state index contributed by atoms with van der Waals surface area (Å²) in [6.07, 6.45) is 2.46. The molecule has 25 heavy (non-hydrogen) atoms. The van der Waals surface area contributed by atoms with Crippen molar-refractivity contribution >= 4 is 23.4 Å². The molecule has 136 valence electrons. The SMILES string of the molecule is O=C(O)CCCOc1c(F)cc(C2=CSC(OCC3CC3)N2)cc1F. The molecule has 1 fully saturated rings. The molecule has 1 aromatic carbocycles. The fourth-order valence-electron chi connectivity index (χ4n) is 2.32. The maximum atomic E-state index is 14.1. The number of nitrogens with one attached hydrogen (secondary N) is 1. The van der Waals surface area contributed by atoms with Crippen LogP contribution in [0.15, 0.2) is 17.5 Å². The Morgan fingerprint density at radius 2 is 2.04 bits per heavy atom. The van der Waals surface area contributed by atoms with Gasteiger partial charge in [-0.3, -0.25) is 4.79 Å². The van der Waals surface area contributed by atoms with Crippen LogP contribution >= 0.6 is 11.8 Å². The van der Waals surface area contributed by atoms with Crippen molar-refractivity contribution < 1.29 is 28.2 Å². The van der Waals surface area contributed by atoms with Gasteiger partial charge >= 0.3 is 5.97 Å². The Labute approximate surface area is 148 Å². The van der Waals surface area contributed by atoms with Crippen molar-refractivity contribution in [1.82, 2.24) is 5.32 Å². The first-order chi connectivity index (χ1) is 12.0. The van der Waals surface area contributed by atoms with Crippen LogP contribution in [0.3, 0.4) is 0 Å². The Bertz CT molecular complexity index is 656. The molecule has 3 rings (SSSR count). The van der Waals surface area contributed by atoms with Gasteiger partial charge in [0.05, 0.1) is 18.9 Å². The number of carbonyl (C=O) groups is 1. The molecule has 2 N–H and O–H groups in total. The van der Waals surface area contributed by atoms with Crippen molar-refractivity contribution in [2.24, 2.45) is 5.92 Å². The maximum absolute atomic E-state index is 14.1. The number of halogens is 2. The highest BCUT2D eigenvalue weighted by Crippen LogP contribution is 2.34. The Morgan fingerprint density at radius 3 is 2.68 bits per heavy atom. The summed E-state index contributed by atoms with van der Waals surface area (Å²) in [7, 11) is 0. The molecule has 1 heterocycles. The van der Waals surface area contributed by atoms with Crippen molar-refractivity contribution in [2.75, 3.05) is 13.2 Å². The number of carboxylic acids is 1. The van der Waals surface area contributed by atoms with Crippen molar-refractivity contribution in [1.29, 1.82) is 0 Å². The van der Waals surface area contributed by atoms with Gasteiger partial charge in [-0.15, -0.1) is 0 Å². The van der Waals surface area contributed by atoms with Crippen LogP contribution in [0, 0.1) is 17.6 Å². The third kappa shape index (κ3) is 5.09. The van der Waals surface area contributed by atoms with E-state index in [2.05, 4.69) is 5.32 Å². The van der Waals surface area contributed by atoms with Crippen LogP contribution in [0.25, 0.3) is 5.70 Å². The van der Waals surface area contributed by atoms with Crippen molar-refractivity contribution in [3.05, 3.63) is 34.7 Å². The van der Waals surface area contributed by atoms with Gasteiger partial charge < -0.3 is 19.9 Å². The molecule has 0 aromatic heterocycles. The number of aliphatic carboxylic acids is 1. The number of benzene rings is 1. The van der Waals surface area contributed by atoms with Gasteiger partial charge in [-0.25, -0.2) is 8.78 Å². The molecule has 0 amide bonds. The summed E-state index contributed by atoms with van der Waals surface area (Å²) < 4.78 is 39.0. The first kappa shape index (κ1) is 18.0. The first-order valence-electron chi connectivity index (χ1n) is 8.10. The zero-order valence-electron chi connectivity index (χ0n) is 13.5. The predicted molar refractivity (Wildman–Crippen MR) is 89.9 cm³/mol. The van der Waals surface area contributed by atoms with Gasteiger partial charge in [0.1, 0.15) is 0 Å². The van der Waals surface area contributed by atoms with Gasteiger partial charge in [-0.1, -0.05) is 11.8 Å². The quantitative estimate of drug-likeness (QED) is 0.647. The second kappa shape index (κ2) is 8.05. The van der Waals surface area contributed by atoms with Crippen LogP contribution in [0.4, 0.5) is 8.78 Å². The van der Waals surface area contributed by atoms with Crippen LogP contribution in [-0.4, -0.2) is 29.8 Å². The van der Waals surface area contributed by atoms with Gasteiger partial charge in [0.2, 0.25) is 0 Å². The van der Waals surface area contributed by atoms with Gasteiger partial charge in [-0.05, 0) is 42.7 Å². The van der Waals surface area contributed by atoms with Crippen LogP contribution < -0.4 is 10.1 Å². The summed E-state index contributed by atoms with van der Waals surface area (Å²) in [5.74, 6) is -2.46. The lowest BCUT2D eigenvalue weighted by atomic mass is 10.1. The minimum absolute atomic E-state index is 0.0621. The number of rotatable bonds is 9. The van der Waals surface area contributed by atoms with E-state index in [0.717, 1.165) is 0 Å². The molecule has 0 saturated heterocycles. The summed E-state index contributed by atoms with van der Waals surface area (Å²) in [4.78, 5) is 10.4. The lowest BCUT2D eigenvalue weighted by Gasteiger charge is -2.14. The molecule has 0 spiro atoms. The second-order valence-corrected chi connectivity index (χ2v) is 6.97. The van der Waals surface area contributed by atoms with E-state index in [9.17, 15) is 13.6 Å². The molecule has 8 heteroatoms. The van der Waals surface area contributed by atoms with Crippen molar-refractivity contribution in [2.45, 2.75) is 31.2 Å². The fourth-order valence-corrected chi connectivity index (χ4v) is 3.13. The largest absolute Gasteiger partial charge is 0.488 e. The summed E-state index contributed by atoms with van der Waals surface area (Å²) in [5, 5.41) is 13.4. The Kier molecular flexibility index (Phi) is 5.80. The lowest BCUT2D eigenvalue weighted by Crippen LogP contribution is -2.24. The topological polar surface area (TPSA) is 67.8 Å². The molecule has 1 saturated carbocycles. The fraction of sp³-hybridized carbons (Fsp3) is 0.471. The molecule has 1 aromatic rings.